The first-order valence-electron chi connectivity index (χ1n) is 9.50. The molecule has 0 radical (unpaired) electrons. The first kappa shape index (κ1) is 24.4. The highest BCUT2D eigenvalue weighted by Crippen LogP contribution is 2.44. The van der Waals surface area contributed by atoms with Crippen molar-refractivity contribution in [2.75, 3.05) is 13.2 Å². The van der Waals surface area contributed by atoms with Crippen LogP contribution in [-0.4, -0.2) is 42.4 Å². The molecule has 0 saturated heterocycles. The Bertz CT molecular complexity index is 844. The van der Waals surface area contributed by atoms with Crippen LogP contribution in [0.2, 0.25) is 0 Å². The third-order valence-corrected chi connectivity index (χ3v) is 4.83. The van der Waals surface area contributed by atoms with Crippen LogP contribution in [0.4, 0.5) is 17.6 Å². The molecule has 0 aromatic heterocycles. The summed E-state index contributed by atoms with van der Waals surface area (Å²) in [5.41, 5.74) is -5.33. The molecule has 0 heterocycles. The van der Waals surface area contributed by atoms with E-state index < -0.39 is 42.4 Å². The van der Waals surface area contributed by atoms with Gasteiger partial charge in [-0.25, -0.2) is 18.4 Å². The molecule has 0 saturated carbocycles. The maximum atomic E-state index is 14.8. The number of halogens is 4. The zero-order chi connectivity index (χ0) is 23.4. The summed E-state index contributed by atoms with van der Waals surface area (Å²) < 4.78 is 68.2. The molecule has 0 aliphatic rings. The normalized spacial score (nSPS) is 15.5. The number of rotatable bonds is 8. The van der Waals surface area contributed by atoms with Crippen LogP contribution >= 0.6 is 0 Å². The van der Waals surface area contributed by atoms with Crippen LogP contribution in [0.5, 0.6) is 0 Å². The molecule has 0 amide bonds. The third kappa shape index (κ3) is 5.62. The van der Waals surface area contributed by atoms with Crippen molar-refractivity contribution in [2.45, 2.75) is 45.0 Å². The number of esters is 2. The Balaban J connectivity index is 2.03. The Morgan fingerprint density at radius 1 is 0.677 bits per heavy atom. The summed E-state index contributed by atoms with van der Waals surface area (Å²) in [6.45, 7) is 1.63. The van der Waals surface area contributed by atoms with Crippen molar-refractivity contribution in [2.24, 2.45) is 0 Å². The van der Waals surface area contributed by atoms with E-state index in [4.69, 9.17) is 0 Å². The van der Waals surface area contributed by atoms with Crippen LogP contribution in [0.3, 0.4) is 0 Å². The van der Waals surface area contributed by atoms with Gasteiger partial charge in [0.05, 0.1) is 11.1 Å². The summed E-state index contributed by atoms with van der Waals surface area (Å²) in [5, 5.41) is 0. The first-order chi connectivity index (χ1) is 14.3. The summed E-state index contributed by atoms with van der Waals surface area (Å²) in [6, 6.07) is 12.0. The fourth-order valence-corrected chi connectivity index (χ4v) is 2.67. The van der Waals surface area contributed by atoms with Crippen molar-refractivity contribution in [1.29, 1.82) is 0 Å². The van der Waals surface area contributed by atoms with Gasteiger partial charge in [0, 0.05) is 0 Å². The second kappa shape index (κ2) is 9.08. The molecule has 0 N–H and O–H groups in total. The molecule has 2 rings (SSSR count). The molecule has 2 aromatic carbocycles. The molecule has 0 spiro atoms. The second-order valence-electron chi connectivity index (χ2n) is 7.85. The molecular weight excluding hydrogens is 416 g/mol. The van der Waals surface area contributed by atoms with E-state index in [0.717, 1.165) is 11.1 Å². The summed E-state index contributed by atoms with van der Waals surface area (Å²) in [7, 11) is 0. The fourth-order valence-electron chi connectivity index (χ4n) is 2.67. The standard InChI is InChI=1S/C23H24F4O4/c1-15-5-9-17(10-6-15)19(28)30-13-21(3,24)23(26,27)22(4,25)14-31-20(29)18-11-7-16(2)8-12-18/h5-12H,13-14H2,1-4H3. The predicted molar refractivity (Wildman–Crippen MR) is 107 cm³/mol. The molecule has 0 fully saturated rings. The molecular formula is C23H24F4O4. The van der Waals surface area contributed by atoms with E-state index in [1.54, 1.807) is 38.1 Å². The van der Waals surface area contributed by atoms with Gasteiger partial charge in [-0.3, -0.25) is 0 Å². The van der Waals surface area contributed by atoms with Crippen molar-refractivity contribution in [3.8, 4) is 0 Å². The lowest BCUT2D eigenvalue weighted by Gasteiger charge is -2.37. The number of aryl methyl sites for hydroxylation is 2. The second-order valence-corrected chi connectivity index (χ2v) is 7.85. The summed E-state index contributed by atoms with van der Waals surface area (Å²) in [6.07, 6.45) is 0. The van der Waals surface area contributed by atoms with Gasteiger partial charge in [0.1, 0.15) is 13.2 Å². The Labute approximate surface area is 178 Å². The van der Waals surface area contributed by atoms with Crippen LogP contribution < -0.4 is 0 Å². The van der Waals surface area contributed by atoms with E-state index in [2.05, 4.69) is 9.47 Å². The van der Waals surface area contributed by atoms with Crippen LogP contribution in [0.15, 0.2) is 48.5 Å². The highest BCUT2D eigenvalue weighted by Gasteiger charge is 2.65. The lowest BCUT2D eigenvalue weighted by atomic mass is 9.88. The van der Waals surface area contributed by atoms with Crippen LogP contribution in [0, 0.1) is 13.8 Å². The number of hydrogen-bond donors (Lipinski definition) is 0. The van der Waals surface area contributed by atoms with Gasteiger partial charge in [0.25, 0.3) is 0 Å². The summed E-state index contributed by atoms with van der Waals surface area (Å²) in [4.78, 5) is 24.0. The molecule has 0 bridgehead atoms. The quantitative estimate of drug-likeness (QED) is 0.407. The molecule has 4 nitrogen and oxygen atoms in total. The highest BCUT2D eigenvalue weighted by atomic mass is 19.3. The molecule has 2 atom stereocenters. The SMILES string of the molecule is Cc1ccc(C(=O)OCC(C)(F)C(F)(F)C(C)(F)COC(=O)c2ccc(C)cc2)cc1. The molecule has 8 heteroatoms. The minimum atomic E-state index is -4.64. The van der Waals surface area contributed by atoms with Gasteiger partial charge in [0.2, 0.25) is 11.3 Å². The number of carbonyl (C=O) groups is 2. The summed E-state index contributed by atoms with van der Waals surface area (Å²) >= 11 is 0. The van der Waals surface area contributed by atoms with E-state index in [9.17, 15) is 27.2 Å². The largest absolute Gasteiger partial charge is 0.458 e. The lowest BCUT2D eigenvalue weighted by molar-refractivity contribution is -0.231. The Kier molecular flexibility index (Phi) is 7.14. The van der Waals surface area contributed by atoms with Crippen LogP contribution in [-0.2, 0) is 9.47 Å². The van der Waals surface area contributed by atoms with Crippen molar-refractivity contribution in [3.63, 3.8) is 0 Å². The minimum Gasteiger partial charge on any atom is -0.458 e. The lowest BCUT2D eigenvalue weighted by Crippen LogP contribution is -2.59. The van der Waals surface area contributed by atoms with E-state index in [0.29, 0.717) is 13.8 Å². The van der Waals surface area contributed by atoms with Gasteiger partial charge in [-0.15, -0.1) is 0 Å². The van der Waals surface area contributed by atoms with E-state index in [1.807, 2.05) is 0 Å². The van der Waals surface area contributed by atoms with Gasteiger partial charge >= 0.3 is 17.9 Å². The third-order valence-electron chi connectivity index (χ3n) is 4.83. The molecule has 0 aliphatic carbocycles. The van der Waals surface area contributed by atoms with E-state index in [1.165, 1.54) is 24.3 Å². The van der Waals surface area contributed by atoms with Gasteiger partial charge in [-0.2, -0.15) is 8.78 Å². The van der Waals surface area contributed by atoms with Gasteiger partial charge in [-0.05, 0) is 52.0 Å². The van der Waals surface area contributed by atoms with Crippen LogP contribution in [0.1, 0.15) is 45.7 Å². The topological polar surface area (TPSA) is 52.6 Å². The minimum absolute atomic E-state index is 0.0414. The van der Waals surface area contributed by atoms with Crippen molar-refractivity contribution < 1.29 is 36.6 Å². The van der Waals surface area contributed by atoms with E-state index >= 15 is 0 Å². The van der Waals surface area contributed by atoms with Gasteiger partial charge < -0.3 is 9.47 Å². The first-order valence-corrected chi connectivity index (χ1v) is 9.50. The molecule has 31 heavy (non-hydrogen) atoms. The van der Waals surface area contributed by atoms with Crippen molar-refractivity contribution in [1.82, 2.24) is 0 Å². The zero-order valence-corrected chi connectivity index (χ0v) is 17.7. The smallest absolute Gasteiger partial charge is 0.338 e. The maximum absolute atomic E-state index is 14.8. The number of benzene rings is 2. The average Bonchev–Trinajstić information content (AvgIpc) is 2.71. The number of ether oxygens (including phenoxy) is 2. The van der Waals surface area contributed by atoms with Crippen molar-refractivity contribution >= 4 is 11.9 Å². The Morgan fingerprint density at radius 2 is 0.968 bits per heavy atom. The average molecular weight is 440 g/mol. The highest BCUT2D eigenvalue weighted by molar-refractivity contribution is 5.89. The maximum Gasteiger partial charge on any atom is 0.338 e. The monoisotopic (exact) mass is 440 g/mol. The number of hydrogen-bond acceptors (Lipinski definition) is 4. The van der Waals surface area contributed by atoms with Gasteiger partial charge in [-0.1, -0.05) is 35.4 Å². The molecule has 0 aliphatic heterocycles. The van der Waals surface area contributed by atoms with Crippen molar-refractivity contribution in [3.05, 3.63) is 70.8 Å². The molecule has 168 valence electrons. The number of alkyl halides is 4. The molecule has 2 aromatic rings. The van der Waals surface area contributed by atoms with Gasteiger partial charge in [0.15, 0.2) is 0 Å². The fraction of sp³-hybridized carbons (Fsp3) is 0.391. The van der Waals surface area contributed by atoms with E-state index in [-0.39, 0.29) is 11.1 Å². The molecule has 2 unspecified atom stereocenters. The predicted octanol–water partition coefficient (Wildman–Crippen LogP) is 5.41. The van der Waals surface area contributed by atoms with Crippen LogP contribution in [0.25, 0.3) is 0 Å². The zero-order valence-electron chi connectivity index (χ0n) is 17.7. The summed E-state index contributed by atoms with van der Waals surface area (Å²) in [5.74, 6) is -6.68. The Hall–Kier alpha value is -2.90. The number of carbonyl (C=O) groups excluding carboxylic acids is 2. The Morgan fingerprint density at radius 3 is 1.26 bits per heavy atom.